The number of hydrogen-bond acceptors (Lipinski definition) is 5. The van der Waals surface area contributed by atoms with Gasteiger partial charge in [-0.2, -0.15) is 5.26 Å². The molecular weight excluding hydrogens is 360 g/mol. The maximum atomic E-state index is 12.1. The zero-order valence-electron chi connectivity index (χ0n) is 15.6. The Morgan fingerprint density at radius 1 is 1.19 bits per heavy atom. The number of aryl methyl sites for hydroxylation is 2. The van der Waals surface area contributed by atoms with E-state index in [0.29, 0.717) is 17.0 Å². The maximum Gasteiger partial charge on any atom is 0.307 e. The number of esters is 1. The SMILES string of the molecule is Cc1ccc(SCCC(=O)O[C@@H](C)C(=O)Nc2cccc(C#N)c2)cc1C. The summed E-state index contributed by atoms with van der Waals surface area (Å²) >= 11 is 1.58. The van der Waals surface area contributed by atoms with Crippen LogP contribution in [0, 0.1) is 25.2 Å². The lowest BCUT2D eigenvalue weighted by atomic mass is 10.1. The van der Waals surface area contributed by atoms with Gasteiger partial charge in [0.05, 0.1) is 18.1 Å². The molecule has 1 atom stereocenters. The minimum Gasteiger partial charge on any atom is -0.453 e. The fourth-order valence-corrected chi connectivity index (χ4v) is 3.20. The number of carbonyl (C=O) groups is 2. The number of thioether (sulfide) groups is 1. The number of hydrogen-bond donors (Lipinski definition) is 1. The number of nitriles is 1. The van der Waals surface area contributed by atoms with Gasteiger partial charge in [0.15, 0.2) is 6.10 Å². The molecule has 2 aromatic rings. The van der Waals surface area contributed by atoms with Crippen molar-refractivity contribution in [2.45, 2.75) is 38.2 Å². The van der Waals surface area contributed by atoms with Gasteiger partial charge in [-0.1, -0.05) is 12.1 Å². The molecule has 140 valence electrons. The summed E-state index contributed by atoms with van der Waals surface area (Å²) in [5.74, 6) is -0.264. The zero-order valence-corrected chi connectivity index (χ0v) is 16.4. The van der Waals surface area contributed by atoms with Gasteiger partial charge >= 0.3 is 5.97 Å². The number of rotatable bonds is 7. The first-order valence-electron chi connectivity index (χ1n) is 8.59. The molecule has 0 radical (unpaired) electrons. The summed E-state index contributed by atoms with van der Waals surface area (Å²) in [5.41, 5.74) is 3.39. The molecule has 0 fully saturated rings. The van der Waals surface area contributed by atoms with E-state index in [1.54, 1.807) is 36.0 Å². The number of nitrogens with one attached hydrogen (secondary N) is 1. The van der Waals surface area contributed by atoms with Crippen LogP contribution >= 0.6 is 11.8 Å². The predicted molar refractivity (Wildman–Crippen MR) is 107 cm³/mol. The van der Waals surface area contributed by atoms with Gasteiger partial charge in [0, 0.05) is 16.3 Å². The molecule has 2 aromatic carbocycles. The molecule has 0 saturated carbocycles. The molecule has 0 aliphatic rings. The summed E-state index contributed by atoms with van der Waals surface area (Å²) in [7, 11) is 0. The van der Waals surface area contributed by atoms with E-state index in [0.717, 1.165) is 4.90 Å². The van der Waals surface area contributed by atoms with E-state index in [2.05, 4.69) is 31.3 Å². The van der Waals surface area contributed by atoms with Crippen molar-refractivity contribution in [1.82, 2.24) is 0 Å². The Balaban J connectivity index is 1.77. The standard InChI is InChI=1S/C21H22N2O3S/c1-14-7-8-19(11-15(14)2)27-10-9-20(24)26-16(3)21(25)23-18-6-4-5-17(12-18)13-22/h4-8,11-12,16H,9-10H2,1-3H3,(H,23,25)/t16-/m0/s1. The van der Waals surface area contributed by atoms with Gasteiger partial charge in [0.1, 0.15) is 0 Å². The average molecular weight is 382 g/mol. The minimum absolute atomic E-state index is 0.221. The fraction of sp³-hybridized carbons (Fsp3) is 0.286. The van der Waals surface area contributed by atoms with Crippen LogP contribution < -0.4 is 5.32 Å². The molecule has 2 rings (SSSR count). The third-order valence-electron chi connectivity index (χ3n) is 3.99. The molecule has 0 aliphatic heterocycles. The van der Waals surface area contributed by atoms with E-state index >= 15 is 0 Å². The number of nitrogens with zero attached hydrogens (tertiary/aromatic N) is 1. The molecule has 27 heavy (non-hydrogen) atoms. The molecule has 0 aliphatic carbocycles. The van der Waals surface area contributed by atoms with Crippen LogP contribution in [-0.2, 0) is 14.3 Å². The summed E-state index contributed by atoms with van der Waals surface area (Å²) in [6.07, 6.45) is -0.686. The highest BCUT2D eigenvalue weighted by molar-refractivity contribution is 7.99. The largest absolute Gasteiger partial charge is 0.453 e. The van der Waals surface area contributed by atoms with Crippen LogP contribution in [0.25, 0.3) is 0 Å². The Morgan fingerprint density at radius 2 is 1.96 bits per heavy atom. The molecule has 1 N–H and O–H groups in total. The molecule has 0 unspecified atom stereocenters. The molecule has 6 heteroatoms. The van der Waals surface area contributed by atoms with E-state index in [1.165, 1.54) is 18.1 Å². The summed E-state index contributed by atoms with van der Waals surface area (Å²) in [6.45, 7) is 5.64. The molecular formula is C21H22N2O3S. The van der Waals surface area contributed by atoms with Crippen molar-refractivity contribution in [2.75, 3.05) is 11.1 Å². The quantitative estimate of drug-likeness (QED) is 0.573. The van der Waals surface area contributed by atoms with Gasteiger partial charge in [-0.3, -0.25) is 9.59 Å². The fourth-order valence-electron chi connectivity index (χ4n) is 2.28. The van der Waals surface area contributed by atoms with Crippen molar-refractivity contribution < 1.29 is 14.3 Å². The van der Waals surface area contributed by atoms with E-state index in [-0.39, 0.29) is 6.42 Å². The van der Waals surface area contributed by atoms with Crippen molar-refractivity contribution in [2.24, 2.45) is 0 Å². The maximum absolute atomic E-state index is 12.1. The van der Waals surface area contributed by atoms with Crippen molar-refractivity contribution >= 4 is 29.3 Å². The third kappa shape index (κ3) is 6.46. The Bertz CT molecular complexity index is 874. The molecule has 0 heterocycles. The number of amides is 1. The smallest absolute Gasteiger partial charge is 0.307 e. The lowest BCUT2D eigenvalue weighted by Crippen LogP contribution is -2.30. The molecule has 1 amide bonds. The monoisotopic (exact) mass is 382 g/mol. The van der Waals surface area contributed by atoms with Gasteiger partial charge in [0.25, 0.3) is 5.91 Å². The normalized spacial score (nSPS) is 11.3. The topological polar surface area (TPSA) is 79.2 Å². The molecule has 0 aromatic heterocycles. The molecule has 0 spiro atoms. The van der Waals surface area contributed by atoms with Crippen molar-refractivity contribution in [1.29, 1.82) is 5.26 Å². The summed E-state index contributed by atoms with van der Waals surface area (Å²) in [4.78, 5) is 25.2. The first-order chi connectivity index (χ1) is 12.9. The van der Waals surface area contributed by atoms with Crippen LogP contribution in [-0.4, -0.2) is 23.7 Å². The number of anilines is 1. The number of benzene rings is 2. The second-order valence-electron chi connectivity index (χ2n) is 6.16. The first kappa shape index (κ1) is 20.5. The highest BCUT2D eigenvalue weighted by Gasteiger charge is 2.18. The highest BCUT2D eigenvalue weighted by Crippen LogP contribution is 2.22. The van der Waals surface area contributed by atoms with Crippen molar-refractivity contribution in [3.63, 3.8) is 0 Å². The summed E-state index contributed by atoms with van der Waals surface area (Å²) in [5, 5.41) is 11.5. The molecule has 0 saturated heterocycles. The Kier molecular flexibility index (Phi) is 7.44. The van der Waals surface area contributed by atoms with Crippen LogP contribution in [0.15, 0.2) is 47.4 Å². The highest BCUT2D eigenvalue weighted by atomic mass is 32.2. The van der Waals surface area contributed by atoms with Crippen molar-refractivity contribution in [3.05, 3.63) is 59.2 Å². The Labute approximate surface area is 163 Å². The van der Waals surface area contributed by atoms with Crippen LogP contribution in [0.4, 0.5) is 5.69 Å². The minimum atomic E-state index is -0.908. The third-order valence-corrected chi connectivity index (χ3v) is 4.99. The summed E-state index contributed by atoms with van der Waals surface area (Å²) in [6, 6.07) is 14.7. The lowest BCUT2D eigenvalue weighted by Gasteiger charge is -2.13. The van der Waals surface area contributed by atoms with Crippen LogP contribution in [0.1, 0.15) is 30.0 Å². The molecule has 0 bridgehead atoms. The van der Waals surface area contributed by atoms with E-state index < -0.39 is 18.0 Å². The van der Waals surface area contributed by atoms with Gasteiger partial charge in [0.2, 0.25) is 0 Å². The van der Waals surface area contributed by atoms with E-state index in [9.17, 15) is 9.59 Å². The van der Waals surface area contributed by atoms with Gasteiger partial charge < -0.3 is 10.1 Å². The molecule has 5 nitrogen and oxygen atoms in total. The lowest BCUT2D eigenvalue weighted by molar-refractivity contribution is -0.152. The van der Waals surface area contributed by atoms with Crippen LogP contribution in [0.5, 0.6) is 0 Å². The van der Waals surface area contributed by atoms with Gasteiger partial charge in [-0.05, 0) is 62.2 Å². The summed E-state index contributed by atoms with van der Waals surface area (Å²) < 4.78 is 5.19. The first-order valence-corrected chi connectivity index (χ1v) is 9.58. The number of ether oxygens (including phenoxy) is 1. The van der Waals surface area contributed by atoms with Gasteiger partial charge in [-0.25, -0.2) is 0 Å². The second kappa shape index (κ2) is 9.79. The number of carbonyl (C=O) groups excluding carboxylic acids is 2. The average Bonchev–Trinajstić information content (AvgIpc) is 2.64. The zero-order chi connectivity index (χ0) is 19.8. The Hall–Kier alpha value is -2.78. The Morgan fingerprint density at radius 3 is 2.67 bits per heavy atom. The van der Waals surface area contributed by atoms with Crippen LogP contribution in [0.3, 0.4) is 0 Å². The van der Waals surface area contributed by atoms with E-state index in [4.69, 9.17) is 10.00 Å². The van der Waals surface area contributed by atoms with E-state index in [1.807, 2.05) is 12.1 Å². The van der Waals surface area contributed by atoms with Gasteiger partial charge in [-0.15, -0.1) is 11.8 Å². The van der Waals surface area contributed by atoms with Crippen molar-refractivity contribution in [3.8, 4) is 6.07 Å². The second-order valence-corrected chi connectivity index (χ2v) is 7.33. The predicted octanol–water partition coefficient (Wildman–Crippen LogP) is 4.23. The van der Waals surface area contributed by atoms with Crippen LogP contribution in [0.2, 0.25) is 0 Å².